The Kier molecular flexibility index (Phi) is 5.28. The molecular formula is C17H25N5OS. The highest BCUT2D eigenvalue weighted by atomic mass is 32.1. The van der Waals surface area contributed by atoms with Gasteiger partial charge in [-0.05, 0) is 56.6 Å². The number of carbonyl (C=O) groups is 1. The molecule has 1 fully saturated rings. The first-order chi connectivity index (χ1) is 11.6. The van der Waals surface area contributed by atoms with Gasteiger partial charge in [0.25, 0.3) is 5.91 Å². The SMILES string of the molecule is CCCc1nnsc1C(=O)N1CCC(Cn2nc(C)cc2C)CC1. The Morgan fingerprint density at radius 2 is 2.08 bits per heavy atom. The highest BCUT2D eigenvalue weighted by Crippen LogP contribution is 2.23. The van der Waals surface area contributed by atoms with Gasteiger partial charge in [0.1, 0.15) is 4.88 Å². The van der Waals surface area contributed by atoms with Crippen molar-refractivity contribution < 1.29 is 4.79 Å². The molecule has 0 unspecified atom stereocenters. The largest absolute Gasteiger partial charge is 0.338 e. The molecule has 2 aromatic rings. The second kappa shape index (κ2) is 7.42. The molecule has 0 aliphatic carbocycles. The van der Waals surface area contributed by atoms with Crippen LogP contribution in [-0.4, -0.2) is 43.3 Å². The van der Waals surface area contributed by atoms with Gasteiger partial charge in [0, 0.05) is 25.3 Å². The number of carbonyl (C=O) groups excluding carboxylic acids is 1. The first-order valence-electron chi connectivity index (χ1n) is 8.70. The first-order valence-corrected chi connectivity index (χ1v) is 9.47. The van der Waals surface area contributed by atoms with Crippen LogP contribution in [0.5, 0.6) is 0 Å². The number of aromatic nitrogens is 4. The van der Waals surface area contributed by atoms with E-state index in [1.165, 1.54) is 17.2 Å². The molecule has 0 bridgehead atoms. The Labute approximate surface area is 147 Å². The number of aryl methyl sites for hydroxylation is 3. The lowest BCUT2D eigenvalue weighted by molar-refractivity contribution is 0.0684. The number of nitrogens with zero attached hydrogens (tertiary/aromatic N) is 5. The maximum Gasteiger partial charge on any atom is 0.267 e. The van der Waals surface area contributed by atoms with Crippen LogP contribution < -0.4 is 0 Å². The van der Waals surface area contributed by atoms with E-state index in [0.29, 0.717) is 5.92 Å². The molecule has 0 spiro atoms. The van der Waals surface area contributed by atoms with E-state index in [9.17, 15) is 4.79 Å². The highest BCUT2D eigenvalue weighted by molar-refractivity contribution is 7.08. The summed E-state index contributed by atoms with van der Waals surface area (Å²) in [6, 6.07) is 2.12. The van der Waals surface area contributed by atoms with Gasteiger partial charge >= 0.3 is 0 Å². The fourth-order valence-corrected chi connectivity index (χ4v) is 4.01. The fraction of sp³-hybridized carbons (Fsp3) is 0.647. The van der Waals surface area contributed by atoms with Crippen molar-refractivity contribution in [1.29, 1.82) is 0 Å². The second-order valence-electron chi connectivity index (χ2n) is 6.64. The topological polar surface area (TPSA) is 63.9 Å². The van der Waals surface area contributed by atoms with Crippen LogP contribution in [0.4, 0.5) is 0 Å². The van der Waals surface area contributed by atoms with E-state index in [2.05, 4.69) is 39.3 Å². The molecule has 24 heavy (non-hydrogen) atoms. The van der Waals surface area contributed by atoms with Gasteiger partial charge in [-0.15, -0.1) is 5.10 Å². The monoisotopic (exact) mass is 347 g/mol. The number of hydrogen-bond donors (Lipinski definition) is 0. The summed E-state index contributed by atoms with van der Waals surface area (Å²) in [7, 11) is 0. The maximum absolute atomic E-state index is 12.7. The van der Waals surface area contributed by atoms with Crippen molar-refractivity contribution in [2.45, 2.75) is 53.0 Å². The summed E-state index contributed by atoms with van der Waals surface area (Å²) >= 11 is 1.23. The van der Waals surface area contributed by atoms with Gasteiger partial charge in [0.15, 0.2) is 0 Å². The molecule has 3 heterocycles. The molecule has 3 rings (SSSR count). The van der Waals surface area contributed by atoms with Gasteiger partial charge in [-0.1, -0.05) is 17.8 Å². The van der Waals surface area contributed by atoms with Gasteiger partial charge in [-0.25, -0.2) is 0 Å². The van der Waals surface area contributed by atoms with Gasteiger partial charge in [-0.2, -0.15) is 5.10 Å². The van der Waals surface area contributed by atoms with Gasteiger partial charge in [-0.3, -0.25) is 9.48 Å². The van der Waals surface area contributed by atoms with Gasteiger partial charge < -0.3 is 4.90 Å². The van der Waals surface area contributed by atoms with Crippen molar-refractivity contribution in [3.63, 3.8) is 0 Å². The van der Waals surface area contributed by atoms with Gasteiger partial charge in [0.2, 0.25) is 0 Å². The van der Waals surface area contributed by atoms with Crippen LogP contribution in [0.15, 0.2) is 6.07 Å². The second-order valence-corrected chi connectivity index (χ2v) is 7.40. The van der Waals surface area contributed by atoms with Crippen molar-refractivity contribution in [2.24, 2.45) is 5.92 Å². The number of hydrogen-bond acceptors (Lipinski definition) is 5. The minimum Gasteiger partial charge on any atom is -0.338 e. The van der Waals surface area contributed by atoms with Crippen LogP contribution in [0.3, 0.4) is 0 Å². The Hall–Kier alpha value is -1.76. The predicted molar refractivity (Wildman–Crippen MR) is 94.2 cm³/mol. The quantitative estimate of drug-likeness (QED) is 0.834. The zero-order chi connectivity index (χ0) is 17.1. The van der Waals surface area contributed by atoms with Crippen LogP contribution in [-0.2, 0) is 13.0 Å². The number of amides is 1. The summed E-state index contributed by atoms with van der Waals surface area (Å²) < 4.78 is 6.07. The Morgan fingerprint density at radius 3 is 2.71 bits per heavy atom. The van der Waals surface area contributed by atoms with Gasteiger partial charge in [0.05, 0.1) is 11.4 Å². The summed E-state index contributed by atoms with van der Waals surface area (Å²) in [5.74, 6) is 0.694. The molecule has 0 radical (unpaired) electrons. The summed E-state index contributed by atoms with van der Waals surface area (Å²) in [5.41, 5.74) is 3.14. The molecule has 1 amide bonds. The molecule has 0 aromatic carbocycles. The molecule has 0 saturated carbocycles. The molecular weight excluding hydrogens is 322 g/mol. The zero-order valence-electron chi connectivity index (χ0n) is 14.7. The average Bonchev–Trinajstić information content (AvgIpc) is 3.14. The highest BCUT2D eigenvalue weighted by Gasteiger charge is 2.27. The third-order valence-electron chi connectivity index (χ3n) is 4.67. The van der Waals surface area contributed by atoms with E-state index in [0.717, 1.165) is 61.6 Å². The molecule has 0 N–H and O–H groups in total. The number of piperidine rings is 1. The van der Waals surface area contributed by atoms with E-state index in [4.69, 9.17) is 0 Å². The predicted octanol–water partition coefficient (Wildman–Crippen LogP) is 2.86. The lowest BCUT2D eigenvalue weighted by atomic mass is 9.96. The molecule has 1 aliphatic rings. The maximum atomic E-state index is 12.7. The molecule has 1 aliphatic heterocycles. The third-order valence-corrected chi connectivity index (χ3v) is 5.43. The van der Waals surface area contributed by atoms with Crippen LogP contribution >= 0.6 is 11.5 Å². The van der Waals surface area contributed by atoms with E-state index in [1.54, 1.807) is 0 Å². The molecule has 1 saturated heterocycles. The Morgan fingerprint density at radius 1 is 1.33 bits per heavy atom. The lowest BCUT2D eigenvalue weighted by Gasteiger charge is -2.32. The summed E-state index contributed by atoms with van der Waals surface area (Å²) in [6.07, 6.45) is 3.86. The van der Waals surface area contributed by atoms with Crippen LogP contribution in [0, 0.1) is 19.8 Å². The molecule has 130 valence electrons. The Bertz CT molecular complexity index is 700. The number of rotatable bonds is 5. The van der Waals surface area contributed by atoms with E-state index >= 15 is 0 Å². The van der Waals surface area contributed by atoms with Crippen molar-refractivity contribution in [3.05, 3.63) is 28.0 Å². The lowest BCUT2D eigenvalue weighted by Crippen LogP contribution is -2.39. The normalized spacial score (nSPS) is 15.9. The first kappa shape index (κ1) is 17.1. The minimum absolute atomic E-state index is 0.109. The molecule has 2 aromatic heterocycles. The average molecular weight is 347 g/mol. The summed E-state index contributed by atoms with van der Waals surface area (Å²) in [6.45, 7) is 8.80. The van der Waals surface area contributed by atoms with Crippen LogP contribution in [0.25, 0.3) is 0 Å². The van der Waals surface area contributed by atoms with Crippen LogP contribution in [0.2, 0.25) is 0 Å². The fourth-order valence-electron chi connectivity index (χ4n) is 3.34. The summed E-state index contributed by atoms with van der Waals surface area (Å²) in [4.78, 5) is 15.4. The van der Waals surface area contributed by atoms with Crippen molar-refractivity contribution in [2.75, 3.05) is 13.1 Å². The van der Waals surface area contributed by atoms with Crippen LogP contribution in [0.1, 0.15) is 52.9 Å². The molecule has 7 heteroatoms. The molecule has 0 atom stereocenters. The zero-order valence-corrected chi connectivity index (χ0v) is 15.5. The smallest absolute Gasteiger partial charge is 0.267 e. The standard InChI is InChI=1S/C17H25N5OS/c1-4-5-15-16(24-20-18-15)17(23)21-8-6-14(7-9-21)11-22-13(3)10-12(2)19-22/h10,14H,4-9,11H2,1-3H3. The van der Waals surface area contributed by atoms with Crippen molar-refractivity contribution in [1.82, 2.24) is 24.3 Å². The number of likely N-dealkylation sites (tertiary alicyclic amines) is 1. The third kappa shape index (κ3) is 3.66. The summed E-state index contributed by atoms with van der Waals surface area (Å²) in [5, 5.41) is 8.67. The van der Waals surface area contributed by atoms with Crippen molar-refractivity contribution >= 4 is 17.4 Å². The van der Waals surface area contributed by atoms with Crippen molar-refractivity contribution in [3.8, 4) is 0 Å². The Balaban J connectivity index is 1.57. The molecule has 6 nitrogen and oxygen atoms in total. The van der Waals surface area contributed by atoms with E-state index in [-0.39, 0.29) is 5.91 Å². The van der Waals surface area contributed by atoms with E-state index in [1.807, 2.05) is 11.8 Å². The minimum atomic E-state index is 0.109. The van der Waals surface area contributed by atoms with E-state index < -0.39 is 0 Å².